The minimum absolute atomic E-state index is 0.286. The summed E-state index contributed by atoms with van der Waals surface area (Å²) in [5.74, 6) is -0.155. The van der Waals surface area contributed by atoms with Crippen LogP contribution >= 0.6 is 23.2 Å². The van der Waals surface area contributed by atoms with Crippen LogP contribution in [-0.2, 0) is 16.1 Å². The lowest BCUT2D eigenvalue weighted by molar-refractivity contribution is -0.134. The second kappa shape index (κ2) is 7.56. The summed E-state index contributed by atoms with van der Waals surface area (Å²) in [4.78, 5) is 25.3. The zero-order chi connectivity index (χ0) is 18.7. The molecule has 0 atom stereocenters. The van der Waals surface area contributed by atoms with Crippen LogP contribution in [0, 0.1) is 5.41 Å². The highest BCUT2D eigenvalue weighted by Gasteiger charge is 2.56. The van der Waals surface area contributed by atoms with Gasteiger partial charge in [-0.15, -0.1) is 0 Å². The number of benzene rings is 2. The molecule has 3 rings (SSSR count). The van der Waals surface area contributed by atoms with Gasteiger partial charge in [0.15, 0.2) is 0 Å². The molecular weight excluding hydrogens is 375 g/mol. The van der Waals surface area contributed by atoms with E-state index in [0.29, 0.717) is 40.9 Å². The Hall–Kier alpha value is -2.24. The van der Waals surface area contributed by atoms with Crippen LogP contribution in [-0.4, -0.2) is 18.9 Å². The van der Waals surface area contributed by atoms with Crippen molar-refractivity contribution in [2.45, 2.75) is 19.4 Å². The van der Waals surface area contributed by atoms with Gasteiger partial charge in [-0.1, -0.05) is 35.3 Å². The van der Waals surface area contributed by atoms with Crippen molar-refractivity contribution in [2.24, 2.45) is 5.41 Å². The molecule has 1 aliphatic carbocycles. The Morgan fingerprint density at radius 1 is 1.04 bits per heavy atom. The van der Waals surface area contributed by atoms with Crippen LogP contribution in [0.4, 0.5) is 5.69 Å². The Bertz CT molecular complexity index is 833. The smallest absolute Gasteiger partial charge is 0.240 e. The number of nitrogens with one attached hydrogen (secondary N) is 2. The highest BCUT2D eigenvalue weighted by molar-refractivity contribution is 6.31. The highest BCUT2D eigenvalue weighted by atomic mass is 35.5. The van der Waals surface area contributed by atoms with Gasteiger partial charge >= 0.3 is 0 Å². The number of hydrogen-bond acceptors (Lipinski definition) is 3. The van der Waals surface area contributed by atoms with Crippen LogP contribution < -0.4 is 15.4 Å². The summed E-state index contributed by atoms with van der Waals surface area (Å²) in [5, 5.41) is 6.70. The molecule has 0 spiro atoms. The first-order chi connectivity index (χ1) is 12.4. The molecular formula is C19H18Cl2N2O3. The topological polar surface area (TPSA) is 67.4 Å². The Balaban J connectivity index is 1.66. The molecule has 0 unspecified atom stereocenters. The summed E-state index contributed by atoms with van der Waals surface area (Å²) in [5.41, 5.74) is 0.317. The van der Waals surface area contributed by atoms with Crippen LogP contribution in [0.5, 0.6) is 5.75 Å². The summed E-state index contributed by atoms with van der Waals surface area (Å²) < 4.78 is 5.23. The van der Waals surface area contributed by atoms with E-state index in [1.165, 1.54) is 7.11 Å². The summed E-state index contributed by atoms with van der Waals surface area (Å²) in [6.07, 6.45) is 1.02. The lowest BCUT2D eigenvalue weighted by Crippen LogP contribution is -2.39. The third-order valence-electron chi connectivity index (χ3n) is 4.40. The van der Waals surface area contributed by atoms with Crippen molar-refractivity contribution in [1.82, 2.24) is 5.32 Å². The lowest BCUT2D eigenvalue weighted by Gasteiger charge is -2.17. The molecule has 7 heteroatoms. The van der Waals surface area contributed by atoms with E-state index in [1.54, 1.807) is 30.3 Å². The van der Waals surface area contributed by atoms with Crippen molar-refractivity contribution in [2.75, 3.05) is 12.4 Å². The summed E-state index contributed by atoms with van der Waals surface area (Å²) >= 11 is 11.8. The summed E-state index contributed by atoms with van der Waals surface area (Å²) in [6, 6.07) is 12.1. The number of anilines is 1. The van der Waals surface area contributed by atoms with Crippen molar-refractivity contribution in [3.05, 3.63) is 58.1 Å². The third kappa shape index (κ3) is 3.94. The molecule has 1 saturated carbocycles. The zero-order valence-corrected chi connectivity index (χ0v) is 15.7. The molecule has 0 radical (unpaired) electrons. The van der Waals surface area contributed by atoms with Gasteiger partial charge in [-0.25, -0.2) is 0 Å². The molecule has 1 aliphatic rings. The molecule has 0 saturated heterocycles. The largest absolute Gasteiger partial charge is 0.495 e. The number of halogens is 2. The first-order valence-corrected chi connectivity index (χ1v) is 8.88. The van der Waals surface area contributed by atoms with Gasteiger partial charge < -0.3 is 15.4 Å². The number of rotatable bonds is 6. The molecule has 5 nitrogen and oxygen atoms in total. The quantitative estimate of drug-likeness (QED) is 0.728. The number of carbonyl (C=O) groups excluding carboxylic acids is 2. The second-order valence-electron chi connectivity index (χ2n) is 6.19. The van der Waals surface area contributed by atoms with Gasteiger partial charge in [0.1, 0.15) is 11.2 Å². The lowest BCUT2D eigenvalue weighted by atomic mass is 10.0. The van der Waals surface area contributed by atoms with Crippen LogP contribution in [0.2, 0.25) is 10.0 Å². The van der Waals surface area contributed by atoms with E-state index < -0.39 is 5.41 Å². The number of amides is 2. The van der Waals surface area contributed by atoms with E-state index in [4.69, 9.17) is 27.9 Å². The van der Waals surface area contributed by atoms with Crippen molar-refractivity contribution in [3.8, 4) is 5.75 Å². The minimum atomic E-state index is -1.04. The normalized spacial score (nSPS) is 14.4. The van der Waals surface area contributed by atoms with E-state index >= 15 is 0 Å². The van der Waals surface area contributed by atoms with Crippen molar-refractivity contribution in [1.29, 1.82) is 0 Å². The predicted octanol–water partition coefficient (Wildman–Crippen LogP) is 4.04. The molecule has 26 heavy (non-hydrogen) atoms. The molecule has 2 amide bonds. The monoisotopic (exact) mass is 392 g/mol. The van der Waals surface area contributed by atoms with Gasteiger partial charge in [0.2, 0.25) is 11.8 Å². The van der Waals surface area contributed by atoms with Crippen molar-refractivity contribution < 1.29 is 14.3 Å². The fourth-order valence-corrected chi connectivity index (χ4v) is 2.95. The summed E-state index contributed by atoms with van der Waals surface area (Å²) in [7, 11) is 1.50. The molecule has 2 N–H and O–H groups in total. The first-order valence-electron chi connectivity index (χ1n) is 8.12. The standard InChI is InChI=1S/C19H18Cl2N2O3/c1-26-16-7-6-14(21)10-15(16)23-18(25)19(8-9-19)17(24)22-11-12-2-4-13(20)5-3-12/h2-7,10H,8-9,11H2,1H3,(H,22,24)(H,23,25). The maximum Gasteiger partial charge on any atom is 0.240 e. The molecule has 0 aliphatic heterocycles. The van der Waals surface area contributed by atoms with Gasteiger partial charge in [0.05, 0.1) is 12.8 Å². The molecule has 0 aromatic heterocycles. The summed E-state index contributed by atoms with van der Waals surface area (Å²) in [6.45, 7) is 0.339. The van der Waals surface area contributed by atoms with E-state index in [-0.39, 0.29) is 11.8 Å². The van der Waals surface area contributed by atoms with Crippen LogP contribution in [0.1, 0.15) is 18.4 Å². The van der Waals surface area contributed by atoms with Gasteiger partial charge in [-0.05, 0) is 48.7 Å². The van der Waals surface area contributed by atoms with Gasteiger partial charge in [0.25, 0.3) is 0 Å². The van der Waals surface area contributed by atoms with E-state index in [9.17, 15) is 9.59 Å². The fraction of sp³-hybridized carbons (Fsp3) is 0.263. The number of carbonyl (C=O) groups is 2. The predicted molar refractivity (Wildman–Crippen MR) is 102 cm³/mol. The van der Waals surface area contributed by atoms with Gasteiger partial charge in [-0.2, -0.15) is 0 Å². The molecule has 136 valence electrons. The first kappa shape index (κ1) is 18.5. The Morgan fingerprint density at radius 3 is 2.31 bits per heavy atom. The molecule has 2 aromatic carbocycles. The minimum Gasteiger partial charge on any atom is -0.495 e. The number of methoxy groups -OCH3 is 1. The molecule has 0 heterocycles. The maximum atomic E-state index is 12.7. The fourth-order valence-electron chi connectivity index (χ4n) is 2.66. The second-order valence-corrected chi connectivity index (χ2v) is 7.06. The van der Waals surface area contributed by atoms with Crippen LogP contribution in [0.15, 0.2) is 42.5 Å². The van der Waals surface area contributed by atoms with Gasteiger partial charge in [-0.3, -0.25) is 9.59 Å². The van der Waals surface area contributed by atoms with Gasteiger partial charge in [0, 0.05) is 16.6 Å². The van der Waals surface area contributed by atoms with Crippen molar-refractivity contribution >= 4 is 40.7 Å². The van der Waals surface area contributed by atoms with Crippen LogP contribution in [0.25, 0.3) is 0 Å². The zero-order valence-electron chi connectivity index (χ0n) is 14.1. The average molecular weight is 393 g/mol. The Morgan fingerprint density at radius 2 is 1.69 bits per heavy atom. The van der Waals surface area contributed by atoms with Crippen LogP contribution in [0.3, 0.4) is 0 Å². The average Bonchev–Trinajstić information content (AvgIpc) is 3.43. The van der Waals surface area contributed by atoms with E-state index in [0.717, 1.165) is 5.56 Å². The SMILES string of the molecule is COc1ccc(Cl)cc1NC(=O)C1(C(=O)NCc2ccc(Cl)cc2)CC1. The third-order valence-corrected chi connectivity index (χ3v) is 4.88. The Labute approximate surface area is 161 Å². The highest BCUT2D eigenvalue weighted by Crippen LogP contribution is 2.47. The van der Waals surface area contributed by atoms with E-state index in [2.05, 4.69) is 10.6 Å². The maximum absolute atomic E-state index is 12.7. The molecule has 1 fully saturated rings. The number of ether oxygens (including phenoxy) is 1. The molecule has 0 bridgehead atoms. The Kier molecular flexibility index (Phi) is 5.39. The van der Waals surface area contributed by atoms with E-state index in [1.807, 2.05) is 12.1 Å². The van der Waals surface area contributed by atoms with Crippen molar-refractivity contribution in [3.63, 3.8) is 0 Å². The number of hydrogen-bond donors (Lipinski definition) is 2. The molecule has 2 aromatic rings.